The molecule has 0 fully saturated rings. The number of H-pyrrole nitrogens is 1. The lowest BCUT2D eigenvalue weighted by Gasteiger charge is -2.09. The second-order valence-electron chi connectivity index (χ2n) is 4.23. The van der Waals surface area contributed by atoms with Crippen molar-refractivity contribution < 1.29 is 0 Å². The summed E-state index contributed by atoms with van der Waals surface area (Å²) in [5.74, 6) is 10.9. The molecule has 0 atom stereocenters. The van der Waals surface area contributed by atoms with Crippen molar-refractivity contribution in [3.63, 3.8) is 0 Å². The van der Waals surface area contributed by atoms with E-state index < -0.39 is 5.69 Å². The minimum atomic E-state index is -0.576. The van der Waals surface area contributed by atoms with Crippen LogP contribution in [0.3, 0.4) is 0 Å². The van der Waals surface area contributed by atoms with Gasteiger partial charge in [-0.15, -0.1) is 0 Å². The number of nitrogens with two attached hydrogens (primary N) is 2. The predicted octanol–water partition coefficient (Wildman–Crippen LogP) is 0.790. The van der Waals surface area contributed by atoms with E-state index in [0.717, 1.165) is 11.8 Å². The quantitative estimate of drug-likeness (QED) is 0.159. The average molecular weight is 350 g/mol. The van der Waals surface area contributed by atoms with Crippen LogP contribution in [-0.4, -0.2) is 21.6 Å². The molecule has 0 aliphatic heterocycles. The van der Waals surface area contributed by atoms with E-state index in [2.05, 4.69) is 20.5 Å². The van der Waals surface area contributed by atoms with Crippen LogP contribution in [0.15, 0.2) is 39.2 Å². The highest BCUT2D eigenvalue weighted by atomic mass is 35.5. The standard InChI is InChI=1S/C13H12ClN7OS/c14-8-3-1-2-7(4-8)11-9(5-15)12(19-13(22)18-11)23-6-10(20-16)21-17/h1-4H,6,16-17H2,(H,20,21)(H,18,19,22). The number of halogens is 1. The van der Waals surface area contributed by atoms with Gasteiger partial charge in [-0.05, 0) is 12.1 Å². The van der Waals surface area contributed by atoms with Crippen LogP contribution in [-0.2, 0) is 0 Å². The summed E-state index contributed by atoms with van der Waals surface area (Å²) in [6.45, 7) is 0. The maximum absolute atomic E-state index is 11.8. The molecular weight excluding hydrogens is 338 g/mol. The van der Waals surface area contributed by atoms with Gasteiger partial charge in [-0.25, -0.2) is 10.6 Å². The number of amidine groups is 1. The first-order valence-corrected chi connectivity index (χ1v) is 7.62. The molecule has 23 heavy (non-hydrogen) atoms. The maximum Gasteiger partial charge on any atom is 0.346 e. The number of hydrazine groups is 1. The minimum absolute atomic E-state index is 0.227. The van der Waals surface area contributed by atoms with E-state index in [1.807, 2.05) is 6.07 Å². The summed E-state index contributed by atoms with van der Waals surface area (Å²) >= 11 is 7.08. The van der Waals surface area contributed by atoms with Crippen LogP contribution in [0.1, 0.15) is 5.56 Å². The van der Waals surface area contributed by atoms with E-state index in [-0.39, 0.29) is 16.3 Å². The number of aromatic amines is 1. The number of rotatable bonds is 4. The van der Waals surface area contributed by atoms with Gasteiger partial charge in [0.1, 0.15) is 22.5 Å². The number of aromatic nitrogens is 2. The molecule has 0 aliphatic rings. The number of nitrogens with zero attached hydrogens (tertiary/aromatic N) is 3. The molecule has 8 nitrogen and oxygen atoms in total. The molecule has 0 unspecified atom stereocenters. The Kier molecular flexibility index (Phi) is 5.59. The average Bonchev–Trinajstić information content (AvgIpc) is 2.55. The fraction of sp³-hybridized carbons (Fsp3) is 0.0769. The van der Waals surface area contributed by atoms with Gasteiger partial charge in [0.25, 0.3) is 0 Å². The second-order valence-corrected chi connectivity index (χ2v) is 5.63. The number of hydrogen-bond acceptors (Lipinski definition) is 7. The summed E-state index contributed by atoms with van der Waals surface area (Å²) in [6.07, 6.45) is 0. The topological polar surface area (TPSA) is 146 Å². The third-order valence-electron chi connectivity index (χ3n) is 2.79. The summed E-state index contributed by atoms with van der Waals surface area (Å²) in [4.78, 5) is 18.2. The van der Waals surface area contributed by atoms with Crippen molar-refractivity contribution in [3.05, 3.63) is 45.3 Å². The van der Waals surface area contributed by atoms with Gasteiger partial charge >= 0.3 is 5.69 Å². The fourth-order valence-electron chi connectivity index (χ4n) is 1.77. The zero-order valence-corrected chi connectivity index (χ0v) is 13.3. The highest BCUT2D eigenvalue weighted by molar-refractivity contribution is 8.00. The van der Waals surface area contributed by atoms with Crippen LogP contribution in [0.25, 0.3) is 11.3 Å². The van der Waals surface area contributed by atoms with Gasteiger partial charge in [-0.3, -0.25) is 0 Å². The predicted molar refractivity (Wildman–Crippen MR) is 89.7 cm³/mol. The Bertz CT molecular complexity index is 843. The van der Waals surface area contributed by atoms with E-state index in [4.69, 9.17) is 23.3 Å². The molecule has 0 bridgehead atoms. The van der Waals surface area contributed by atoms with Gasteiger partial charge in [-0.2, -0.15) is 15.3 Å². The van der Waals surface area contributed by atoms with Crippen molar-refractivity contribution in [2.45, 2.75) is 5.03 Å². The SMILES string of the molecule is N#Cc1c(SC/C(=N/N)NN)nc(=O)[nH]c1-c1cccc(Cl)c1. The van der Waals surface area contributed by atoms with Crippen LogP contribution < -0.4 is 22.8 Å². The molecule has 0 amide bonds. The Morgan fingerprint density at radius 3 is 2.96 bits per heavy atom. The first-order chi connectivity index (χ1) is 11.1. The van der Waals surface area contributed by atoms with Crippen molar-refractivity contribution in [1.82, 2.24) is 15.4 Å². The Hall–Kier alpha value is -2.54. The van der Waals surface area contributed by atoms with Crippen molar-refractivity contribution in [1.29, 1.82) is 5.26 Å². The molecule has 0 spiro atoms. The molecule has 6 N–H and O–H groups in total. The van der Waals surface area contributed by atoms with E-state index in [0.29, 0.717) is 22.1 Å². The van der Waals surface area contributed by atoms with Gasteiger partial charge in [0.15, 0.2) is 0 Å². The largest absolute Gasteiger partial charge is 0.346 e. The maximum atomic E-state index is 11.8. The lowest BCUT2D eigenvalue weighted by molar-refractivity contribution is 0.969. The van der Waals surface area contributed by atoms with Crippen molar-refractivity contribution in [3.8, 4) is 17.3 Å². The Balaban J connectivity index is 2.49. The van der Waals surface area contributed by atoms with Crippen molar-refractivity contribution >= 4 is 29.2 Å². The van der Waals surface area contributed by atoms with Gasteiger partial charge in [-0.1, -0.05) is 35.5 Å². The van der Waals surface area contributed by atoms with Crippen LogP contribution in [0.2, 0.25) is 5.02 Å². The second kappa shape index (κ2) is 7.64. The highest BCUT2D eigenvalue weighted by Crippen LogP contribution is 2.28. The van der Waals surface area contributed by atoms with Crippen LogP contribution in [0.4, 0.5) is 0 Å². The van der Waals surface area contributed by atoms with Crippen LogP contribution in [0.5, 0.6) is 0 Å². The Morgan fingerprint density at radius 1 is 1.57 bits per heavy atom. The number of benzene rings is 1. The lowest BCUT2D eigenvalue weighted by Crippen LogP contribution is -2.33. The zero-order valence-electron chi connectivity index (χ0n) is 11.7. The molecule has 0 radical (unpaired) electrons. The van der Waals surface area contributed by atoms with Crippen molar-refractivity contribution in [2.24, 2.45) is 16.8 Å². The molecule has 2 rings (SSSR count). The fourth-order valence-corrected chi connectivity index (χ4v) is 2.84. The third kappa shape index (κ3) is 4.01. The first kappa shape index (κ1) is 16.8. The number of thioether (sulfide) groups is 1. The molecule has 1 aromatic heterocycles. The van der Waals surface area contributed by atoms with E-state index >= 15 is 0 Å². The zero-order chi connectivity index (χ0) is 16.8. The first-order valence-electron chi connectivity index (χ1n) is 6.25. The van der Waals surface area contributed by atoms with Gasteiger partial charge in [0.2, 0.25) is 0 Å². The minimum Gasteiger partial charge on any atom is -0.322 e. The third-order valence-corrected chi connectivity index (χ3v) is 4.01. The van der Waals surface area contributed by atoms with Crippen LogP contribution in [0, 0.1) is 11.3 Å². The highest BCUT2D eigenvalue weighted by Gasteiger charge is 2.15. The molecule has 0 aliphatic carbocycles. The van der Waals surface area contributed by atoms with E-state index in [9.17, 15) is 10.1 Å². The Labute approximate surface area is 140 Å². The molecule has 118 valence electrons. The smallest absolute Gasteiger partial charge is 0.322 e. The number of hydrazone groups is 1. The molecule has 1 heterocycles. The summed E-state index contributed by atoms with van der Waals surface area (Å²) < 4.78 is 0. The van der Waals surface area contributed by atoms with E-state index in [1.165, 1.54) is 0 Å². The Morgan fingerprint density at radius 2 is 2.35 bits per heavy atom. The molecule has 1 aromatic carbocycles. The summed E-state index contributed by atoms with van der Waals surface area (Å²) in [5.41, 5.74) is 2.93. The molecule has 0 saturated heterocycles. The lowest BCUT2D eigenvalue weighted by atomic mass is 10.1. The van der Waals surface area contributed by atoms with Gasteiger partial charge in [0.05, 0.1) is 11.4 Å². The normalized spacial score (nSPS) is 11.1. The summed E-state index contributed by atoms with van der Waals surface area (Å²) in [5, 5.41) is 13.6. The monoisotopic (exact) mass is 349 g/mol. The summed E-state index contributed by atoms with van der Waals surface area (Å²) in [7, 11) is 0. The van der Waals surface area contributed by atoms with Gasteiger partial charge in [0, 0.05) is 10.6 Å². The number of nitrogens with one attached hydrogen (secondary N) is 2. The van der Waals surface area contributed by atoms with Crippen LogP contribution >= 0.6 is 23.4 Å². The van der Waals surface area contributed by atoms with Gasteiger partial charge < -0.3 is 16.3 Å². The van der Waals surface area contributed by atoms with E-state index in [1.54, 1.807) is 24.3 Å². The summed E-state index contributed by atoms with van der Waals surface area (Å²) in [6, 6.07) is 8.86. The molecule has 2 aromatic rings. The molecular formula is C13H12ClN7OS. The van der Waals surface area contributed by atoms with Crippen molar-refractivity contribution in [2.75, 3.05) is 5.75 Å². The number of nitriles is 1. The number of hydrogen-bond donors (Lipinski definition) is 4. The molecule has 10 heteroatoms. The molecule has 0 saturated carbocycles.